The maximum Gasteiger partial charge on any atom is 0.416 e. The zero-order chi connectivity index (χ0) is 25.9. The largest absolute Gasteiger partial charge is 0.481 e. The summed E-state index contributed by atoms with van der Waals surface area (Å²) in [5.74, 6) is -0.624. The lowest BCUT2D eigenvalue weighted by Crippen LogP contribution is -2.40. The molecule has 0 unspecified atom stereocenters. The Balaban J connectivity index is 1.67. The van der Waals surface area contributed by atoms with Crippen molar-refractivity contribution < 1.29 is 37.3 Å². The average molecular weight is 499 g/mol. The van der Waals surface area contributed by atoms with Crippen LogP contribution in [0.15, 0.2) is 66.7 Å². The minimum absolute atomic E-state index is 0.125. The number of hydrogen-bond acceptors (Lipinski definition) is 4. The van der Waals surface area contributed by atoms with Crippen LogP contribution in [0.4, 0.5) is 18.0 Å². The number of carboxylic acid groups (broad SMARTS) is 1. The molecule has 0 spiro atoms. The fourth-order valence-corrected chi connectivity index (χ4v) is 4.40. The molecule has 6 nitrogen and oxygen atoms in total. The summed E-state index contributed by atoms with van der Waals surface area (Å²) in [5, 5.41) is 9.05. The highest BCUT2D eigenvalue weighted by molar-refractivity contribution is 5.70. The Labute approximate surface area is 205 Å². The summed E-state index contributed by atoms with van der Waals surface area (Å²) in [6.45, 7) is -0.167. The van der Waals surface area contributed by atoms with Crippen molar-refractivity contribution in [3.05, 3.63) is 94.5 Å². The molecule has 0 fully saturated rings. The van der Waals surface area contributed by atoms with Crippen LogP contribution >= 0.6 is 0 Å². The molecule has 0 aliphatic heterocycles. The van der Waals surface area contributed by atoms with Gasteiger partial charge in [0.25, 0.3) is 0 Å². The summed E-state index contributed by atoms with van der Waals surface area (Å²) in [6, 6.07) is 16.8. The van der Waals surface area contributed by atoms with Gasteiger partial charge in [0, 0.05) is 11.6 Å². The molecule has 0 saturated carbocycles. The second kappa shape index (κ2) is 10.3. The molecule has 9 heteroatoms. The molecule has 1 amide bonds. The number of hydrogen-bond donors (Lipinski definition) is 1. The van der Waals surface area contributed by atoms with Gasteiger partial charge < -0.3 is 19.5 Å². The molecule has 1 aliphatic carbocycles. The molecule has 36 heavy (non-hydrogen) atoms. The third-order valence-electron chi connectivity index (χ3n) is 6.09. The minimum Gasteiger partial charge on any atom is -0.481 e. The molecule has 188 valence electrons. The van der Waals surface area contributed by atoms with Crippen molar-refractivity contribution in [3.8, 4) is 11.5 Å². The van der Waals surface area contributed by atoms with Crippen LogP contribution in [0.1, 0.15) is 27.8 Å². The molecule has 1 N–H and O–H groups in total. The lowest BCUT2D eigenvalue weighted by Gasteiger charge is -2.28. The number of ether oxygens (including phenoxy) is 2. The van der Waals surface area contributed by atoms with Gasteiger partial charge >= 0.3 is 18.2 Å². The van der Waals surface area contributed by atoms with Crippen molar-refractivity contribution in [2.24, 2.45) is 0 Å². The van der Waals surface area contributed by atoms with Gasteiger partial charge in [-0.1, -0.05) is 36.4 Å². The molecule has 0 saturated heterocycles. The number of rotatable bonds is 7. The summed E-state index contributed by atoms with van der Waals surface area (Å²) in [5.41, 5.74) is 1.91. The minimum atomic E-state index is -4.59. The van der Waals surface area contributed by atoms with Crippen LogP contribution in [0.2, 0.25) is 0 Å². The quantitative estimate of drug-likeness (QED) is 0.441. The van der Waals surface area contributed by atoms with Crippen LogP contribution in [0.25, 0.3) is 0 Å². The highest BCUT2D eigenvalue weighted by Crippen LogP contribution is 2.36. The van der Waals surface area contributed by atoms with Crippen molar-refractivity contribution in [2.75, 3.05) is 7.11 Å². The van der Waals surface area contributed by atoms with Crippen LogP contribution in [0.5, 0.6) is 11.5 Å². The number of halogens is 3. The molecule has 0 heterocycles. The van der Waals surface area contributed by atoms with E-state index >= 15 is 0 Å². The SMILES string of the molecule is COC(=O)N(Cc1cc(C(F)(F)F)ccc1Oc1cccc(CC(=O)O)c1)C1Cc2ccccc2C1. The summed E-state index contributed by atoms with van der Waals surface area (Å²) < 4.78 is 51.5. The summed E-state index contributed by atoms with van der Waals surface area (Å²) >= 11 is 0. The van der Waals surface area contributed by atoms with Crippen LogP contribution in [0, 0.1) is 0 Å². The van der Waals surface area contributed by atoms with Crippen LogP contribution in [-0.4, -0.2) is 35.2 Å². The first kappa shape index (κ1) is 25.1. The monoisotopic (exact) mass is 499 g/mol. The Bertz CT molecular complexity index is 1250. The van der Waals surface area contributed by atoms with Gasteiger partial charge in [0.15, 0.2) is 0 Å². The van der Waals surface area contributed by atoms with Gasteiger partial charge in [-0.25, -0.2) is 4.79 Å². The van der Waals surface area contributed by atoms with Crippen molar-refractivity contribution in [2.45, 2.75) is 38.0 Å². The van der Waals surface area contributed by atoms with Gasteiger partial charge in [-0.15, -0.1) is 0 Å². The predicted molar refractivity (Wildman–Crippen MR) is 125 cm³/mol. The van der Waals surface area contributed by atoms with Gasteiger partial charge in [-0.05, 0) is 59.9 Å². The van der Waals surface area contributed by atoms with E-state index in [0.29, 0.717) is 18.4 Å². The number of fused-ring (bicyclic) bond motifs is 1. The second-order valence-electron chi connectivity index (χ2n) is 8.57. The van der Waals surface area contributed by atoms with Crippen molar-refractivity contribution in [1.29, 1.82) is 0 Å². The number of amides is 1. The Kier molecular flexibility index (Phi) is 7.19. The van der Waals surface area contributed by atoms with Crippen LogP contribution in [-0.2, 0) is 41.5 Å². The molecule has 3 aromatic carbocycles. The summed E-state index contributed by atoms with van der Waals surface area (Å²) in [4.78, 5) is 25.2. The summed E-state index contributed by atoms with van der Waals surface area (Å²) in [6.07, 6.45) is -4.36. The smallest absolute Gasteiger partial charge is 0.416 e. The molecule has 4 rings (SSSR count). The zero-order valence-corrected chi connectivity index (χ0v) is 19.4. The maximum atomic E-state index is 13.5. The predicted octanol–water partition coefficient (Wildman–Crippen LogP) is 5.86. The fraction of sp³-hybridized carbons (Fsp3) is 0.259. The van der Waals surface area contributed by atoms with E-state index in [-0.39, 0.29) is 36.1 Å². The van der Waals surface area contributed by atoms with E-state index in [0.717, 1.165) is 23.3 Å². The van der Waals surface area contributed by atoms with Gasteiger partial charge in [0.05, 0.1) is 25.6 Å². The zero-order valence-electron chi connectivity index (χ0n) is 19.4. The van der Waals surface area contributed by atoms with E-state index in [4.69, 9.17) is 14.6 Å². The van der Waals surface area contributed by atoms with Gasteiger partial charge in [-0.2, -0.15) is 13.2 Å². The maximum absolute atomic E-state index is 13.5. The Morgan fingerprint density at radius 3 is 2.31 bits per heavy atom. The molecule has 0 aromatic heterocycles. The third-order valence-corrected chi connectivity index (χ3v) is 6.09. The van der Waals surface area contributed by atoms with Crippen molar-refractivity contribution in [1.82, 2.24) is 4.90 Å². The molecule has 1 aliphatic rings. The number of methoxy groups -OCH3 is 1. The highest BCUT2D eigenvalue weighted by atomic mass is 19.4. The number of nitrogens with zero attached hydrogens (tertiary/aromatic N) is 1. The molecular formula is C27H24F3NO5. The first-order valence-corrected chi connectivity index (χ1v) is 11.2. The fourth-order valence-electron chi connectivity index (χ4n) is 4.40. The number of carboxylic acids is 1. The first-order chi connectivity index (χ1) is 17.1. The number of carbonyl (C=O) groups excluding carboxylic acids is 1. The Morgan fingerprint density at radius 2 is 1.69 bits per heavy atom. The van der Waals surface area contributed by atoms with Crippen molar-refractivity contribution in [3.63, 3.8) is 0 Å². The number of aliphatic carboxylic acids is 1. The second-order valence-corrected chi connectivity index (χ2v) is 8.57. The van der Waals surface area contributed by atoms with E-state index in [1.807, 2.05) is 24.3 Å². The van der Waals surface area contributed by atoms with Crippen molar-refractivity contribution >= 4 is 12.1 Å². The van der Waals surface area contributed by atoms with E-state index in [1.165, 1.54) is 24.1 Å². The van der Waals surface area contributed by atoms with E-state index in [1.54, 1.807) is 18.2 Å². The van der Waals surface area contributed by atoms with E-state index in [9.17, 15) is 22.8 Å². The van der Waals surface area contributed by atoms with Gasteiger partial charge in [0.1, 0.15) is 11.5 Å². The lowest BCUT2D eigenvalue weighted by atomic mass is 10.1. The molecule has 0 radical (unpaired) electrons. The van der Waals surface area contributed by atoms with Crippen LogP contribution < -0.4 is 4.74 Å². The highest BCUT2D eigenvalue weighted by Gasteiger charge is 2.34. The van der Waals surface area contributed by atoms with Gasteiger partial charge in [0.2, 0.25) is 0 Å². The lowest BCUT2D eigenvalue weighted by molar-refractivity contribution is -0.138. The third kappa shape index (κ3) is 5.79. The van der Waals surface area contributed by atoms with Crippen LogP contribution in [0.3, 0.4) is 0 Å². The topological polar surface area (TPSA) is 76.1 Å². The Morgan fingerprint density at radius 1 is 1.00 bits per heavy atom. The molecule has 0 atom stereocenters. The molecule has 0 bridgehead atoms. The van der Waals surface area contributed by atoms with E-state index < -0.39 is 23.8 Å². The number of alkyl halides is 3. The number of benzene rings is 3. The molecular weight excluding hydrogens is 475 g/mol. The van der Waals surface area contributed by atoms with Gasteiger partial charge in [-0.3, -0.25) is 4.79 Å². The normalized spacial score (nSPS) is 13.2. The Hall–Kier alpha value is -4.01. The van der Waals surface area contributed by atoms with E-state index in [2.05, 4.69) is 0 Å². The average Bonchev–Trinajstić information content (AvgIpc) is 3.26. The first-order valence-electron chi connectivity index (χ1n) is 11.2. The molecule has 3 aromatic rings. The number of carbonyl (C=O) groups is 2. The standard InChI is InChI=1S/C27H24F3NO5/c1-35-26(34)31(22-14-18-6-2-3-7-19(18)15-22)16-20-13-21(27(28,29)30)9-10-24(20)36-23-8-4-5-17(11-23)12-25(32)33/h2-11,13,22H,12,14-16H2,1H3,(H,32,33). The summed E-state index contributed by atoms with van der Waals surface area (Å²) in [7, 11) is 1.23.